The first kappa shape index (κ1) is 42.6. The summed E-state index contributed by atoms with van der Waals surface area (Å²) in [5.41, 5.74) is 22.5. The third-order valence-corrected chi connectivity index (χ3v) is 15.6. The minimum atomic E-state index is -0.167. The normalized spacial score (nSPS) is 16.3. The number of fused-ring (bicyclic) bond motifs is 9. The van der Waals surface area contributed by atoms with E-state index in [1.165, 1.54) is 94.8 Å². The van der Waals surface area contributed by atoms with Crippen molar-refractivity contribution in [3.8, 4) is 22.3 Å². The van der Waals surface area contributed by atoms with E-state index in [1.54, 1.807) is 0 Å². The van der Waals surface area contributed by atoms with Crippen LogP contribution >= 0.6 is 0 Å². The Balaban J connectivity index is 1.34. The van der Waals surface area contributed by atoms with Crippen LogP contribution in [0.1, 0.15) is 131 Å². The van der Waals surface area contributed by atoms with Crippen molar-refractivity contribution in [3.63, 3.8) is 0 Å². The third-order valence-electron chi connectivity index (χ3n) is 15.6. The van der Waals surface area contributed by atoms with Crippen LogP contribution in [-0.4, -0.2) is 6.85 Å². The molecule has 0 amide bonds. The van der Waals surface area contributed by atoms with E-state index >= 15 is 0 Å². The average molecular weight is 865 g/mol. The summed E-state index contributed by atoms with van der Waals surface area (Å²) >= 11 is 0. The number of benzene rings is 7. The van der Waals surface area contributed by atoms with Gasteiger partial charge in [0.1, 0.15) is 11.2 Å². The van der Waals surface area contributed by atoms with Crippen molar-refractivity contribution in [1.82, 2.24) is 0 Å². The van der Waals surface area contributed by atoms with Crippen LogP contribution in [0, 0.1) is 0 Å². The van der Waals surface area contributed by atoms with Gasteiger partial charge < -0.3 is 14.1 Å². The SMILES string of the molecule is CC(C)(C)c1ccc(N2B3c4c(cc(C(C)(C)C)cc4N(c4ccc(C(C)(C)C)cc4-c4ccccc4)c4ccc5oc6ccccc6c5c43)-c3cc4c(cc32)C(C)(C)CCC4(C)C)cc1. The zero-order valence-corrected chi connectivity index (χ0v) is 41.5. The molecule has 0 fully saturated rings. The third kappa shape index (κ3) is 6.52. The van der Waals surface area contributed by atoms with Crippen molar-refractivity contribution >= 4 is 68.1 Å². The molecule has 3 nitrogen and oxygen atoms in total. The van der Waals surface area contributed by atoms with Crippen molar-refractivity contribution in [2.75, 3.05) is 9.71 Å². The lowest BCUT2D eigenvalue weighted by molar-refractivity contribution is 0.332. The molecule has 1 aromatic heterocycles. The minimum Gasteiger partial charge on any atom is -0.456 e. The summed E-state index contributed by atoms with van der Waals surface area (Å²) in [6, 6.07) is 51.4. The van der Waals surface area contributed by atoms with Crippen molar-refractivity contribution in [3.05, 3.63) is 161 Å². The Morgan fingerprint density at radius 1 is 0.470 bits per heavy atom. The predicted octanol–water partition coefficient (Wildman–Crippen LogP) is 16.2. The van der Waals surface area contributed by atoms with Gasteiger partial charge in [-0.2, -0.15) is 0 Å². The molecule has 0 radical (unpaired) electrons. The first-order valence-corrected chi connectivity index (χ1v) is 24.3. The van der Waals surface area contributed by atoms with Gasteiger partial charge in [0, 0.05) is 44.6 Å². The molecule has 4 heteroatoms. The highest BCUT2D eigenvalue weighted by Crippen LogP contribution is 2.55. The highest BCUT2D eigenvalue weighted by molar-refractivity contribution is 6.95. The Morgan fingerprint density at radius 3 is 1.73 bits per heavy atom. The zero-order chi connectivity index (χ0) is 46.5. The maximum atomic E-state index is 6.85. The fraction of sp³-hybridized carbons (Fsp3) is 0.323. The molecule has 3 heterocycles. The second-order valence-electron chi connectivity index (χ2n) is 24.1. The van der Waals surface area contributed by atoms with Crippen LogP contribution in [-0.2, 0) is 27.1 Å². The maximum absolute atomic E-state index is 6.85. The Kier molecular flexibility index (Phi) is 9.21. The number of hydrogen-bond donors (Lipinski definition) is 0. The lowest BCUT2D eigenvalue weighted by atomic mass is 9.42. The van der Waals surface area contributed by atoms with Crippen molar-refractivity contribution in [2.45, 2.75) is 130 Å². The molecule has 0 spiro atoms. The van der Waals surface area contributed by atoms with E-state index in [0.29, 0.717) is 0 Å². The van der Waals surface area contributed by atoms with Crippen LogP contribution in [0.4, 0.5) is 28.4 Å². The van der Waals surface area contributed by atoms with Crippen LogP contribution in [0.2, 0.25) is 0 Å². The molecule has 1 aliphatic carbocycles. The molecule has 0 atom stereocenters. The standard InChI is InChI=1S/C62H65BN2O/c1-58(2,3)39-23-26-42(27-24-39)65-51-37-48-47(61(10,11)31-32-62(48,12)13)36-45(51)46-34-41(60(7,8)9)35-52-56(46)63(65)57-50(29-30-54-55(57)43-21-17-18-22-53(43)66-54)64(52)49-28-25-40(59(4,5)6)33-44(49)38-19-15-14-16-20-38/h14-30,33-37H,31-32H2,1-13H3. The predicted molar refractivity (Wildman–Crippen MR) is 284 cm³/mol. The topological polar surface area (TPSA) is 19.6 Å². The second-order valence-corrected chi connectivity index (χ2v) is 24.1. The number of furan rings is 1. The van der Waals surface area contributed by atoms with Gasteiger partial charge in [0.05, 0.1) is 5.69 Å². The van der Waals surface area contributed by atoms with E-state index < -0.39 is 0 Å². The molecule has 2 aliphatic heterocycles. The second kappa shape index (κ2) is 14.3. The Labute approximate surface area is 394 Å². The van der Waals surface area contributed by atoms with Crippen LogP contribution in [0.15, 0.2) is 138 Å². The number of rotatable bonds is 3. The van der Waals surface area contributed by atoms with Crippen molar-refractivity contribution in [2.24, 2.45) is 0 Å². The Bertz CT molecular complexity index is 3260. The van der Waals surface area contributed by atoms with Crippen molar-refractivity contribution in [1.29, 1.82) is 0 Å². The molecule has 0 saturated heterocycles. The van der Waals surface area contributed by atoms with Gasteiger partial charge in [0.2, 0.25) is 0 Å². The average Bonchev–Trinajstić information content (AvgIpc) is 3.66. The molecular formula is C62H65BN2O. The summed E-state index contributed by atoms with van der Waals surface area (Å²) < 4.78 is 6.85. The lowest BCUT2D eigenvalue weighted by Gasteiger charge is -2.49. The van der Waals surface area contributed by atoms with E-state index in [0.717, 1.165) is 29.4 Å². The zero-order valence-electron chi connectivity index (χ0n) is 41.5. The summed E-state index contributed by atoms with van der Waals surface area (Å²) in [6.45, 7) is 30.7. The van der Waals surface area contributed by atoms with E-state index in [4.69, 9.17) is 4.42 Å². The first-order chi connectivity index (χ1) is 31.1. The largest absolute Gasteiger partial charge is 0.456 e. The van der Waals surface area contributed by atoms with Crippen LogP contribution in [0.3, 0.4) is 0 Å². The van der Waals surface area contributed by atoms with Gasteiger partial charge in [-0.1, -0.05) is 163 Å². The number of nitrogens with zero attached hydrogens (tertiary/aromatic N) is 2. The number of anilines is 5. The summed E-state index contributed by atoms with van der Waals surface area (Å²) in [6.07, 6.45) is 2.31. The molecule has 8 aromatic rings. The van der Waals surface area contributed by atoms with Gasteiger partial charge in [-0.25, -0.2) is 0 Å². The lowest BCUT2D eigenvalue weighted by Crippen LogP contribution is -2.62. The fourth-order valence-electron chi connectivity index (χ4n) is 11.5. The molecule has 0 saturated carbocycles. The van der Waals surface area contributed by atoms with Crippen LogP contribution < -0.4 is 20.6 Å². The summed E-state index contributed by atoms with van der Waals surface area (Å²) in [5.74, 6) is 0. The molecule has 66 heavy (non-hydrogen) atoms. The quantitative estimate of drug-likeness (QED) is 0.165. The molecule has 7 aromatic carbocycles. The molecule has 3 aliphatic rings. The molecule has 332 valence electrons. The summed E-state index contributed by atoms with van der Waals surface area (Å²) in [4.78, 5) is 5.35. The Hall–Kier alpha value is -6.00. The van der Waals surface area contributed by atoms with E-state index in [1.807, 2.05) is 0 Å². The van der Waals surface area contributed by atoms with Gasteiger partial charge in [-0.05, 0) is 150 Å². The van der Waals surface area contributed by atoms with E-state index in [-0.39, 0.29) is 33.9 Å². The van der Waals surface area contributed by atoms with Crippen LogP contribution in [0.25, 0.3) is 44.2 Å². The van der Waals surface area contributed by atoms with Gasteiger partial charge >= 0.3 is 6.85 Å². The number of hydrogen-bond acceptors (Lipinski definition) is 3. The number of para-hydroxylation sites is 1. The van der Waals surface area contributed by atoms with Crippen LogP contribution in [0.5, 0.6) is 0 Å². The molecule has 0 N–H and O–H groups in total. The summed E-state index contributed by atoms with van der Waals surface area (Å²) in [7, 11) is 0. The van der Waals surface area contributed by atoms with Gasteiger partial charge in [-0.15, -0.1) is 0 Å². The first-order valence-electron chi connectivity index (χ1n) is 24.3. The molecule has 11 rings (SSSR count). The van der Waals surface area contributed by atoms with Gasteiger partial charge in [0.15, 0.2) is 0 Å². The molecule has 0 bridgehead atoms. The van der Waals surface area contributed by atoms with Crippen molar-refractivity contribution < 1.29 is 4.42 Å². The molecule has 0 unspecified atom stereocenters. The van der Waals surface area contributed by atoms with E-state index in [2.05, 4.69) is 233 Å². The van der Waals surface area contributed by atoms with Gasteiger partial charge in [-0.3, -0.25) is 0 Å². The maximum Gasteiger partial charge on any atom is 0.333 e. The molecular weight excluding hydrogens is 800 g/mol. The van der Waals surface area contributed by atoms with E-state index in [9.17, 15) is 0 Å². The minimum absolute atomic E-state index is 0.0228. The highest BCUT2D eigenvalue weighted by atomic mass is 16.3. The van der Waals surface area contributed by atoms with Gasteiger partial charge in [0.25, 0.3) is 0 Å². The summed E-state index contributed by atoms with van der Waals surface area (Å²) in [5, 5.41) is 2.33. The smallest absolute Gasteiger partial charge is 0.333 e. The fourth-order valence-corrected chi connectivity index (χ4v) is 11.5. The monoisotopic (exact) mass is 865 g/mol. The Morgan fingerprint density at radius 2 is 1.06 bits per heavy atom. The highest BCUT2D eigenvalue weighted by Gasteiger charge is 2.49.